The van der Waals surface area contributed by atoms with Gasteiger partial charge in [0.1, 0.15) is 0 Å². The number of amides is 1. The van der Waals surface area contributed by atoms with Crippen LogP contribution in [0.2, 0.25) is 0 Å². The van der Waals surface area contributed by atoms with E-state index in [9.17, 15) is 4.79 Å². The lowest BCUT2D eigenvalue weighted by Gasteiger charge is -2.33. The van der Waals surface area contributed by atoms with Crippen molar-refractivity contribution in [2.24, 2.45) is 17.6 Å². The van der Waals surface area contributed by atoms with Crippen LogP contribution >= 0.6 is 0 Å². The molecule has 0 aromatic carbocycles. The highest BCUT2D eigenvalue weighted by atomic mass is 16.1. The molecule has 1 fully saturated rings. The molecule has 3 unspecified atom stereocenters. The number of rotatable bonds is 4. The Bertz CT molecular complexity index is 194. The molecule has 0 heterocycles. The number of primary amides is 1. The van der Waals surface area contributed by atoms with Crippen molar-refractivity contribution < 1.29 is 4.79 Å². The highest BCUT2D eigenvalue weighted by molar-refractivity contribution is 5.73. The molecule has 82 valence electrons. The number of hydrogen-bond donors (Lipinski definition) is 2. The van der Waals surface area contributed by atoms with Crippen molar-refractivity contribution in [1.29, 1.82) is 0 Å². The van der Waals surface area contributed by atoms with Gasteiger partial charge in [0.25, 0.3) is 0 Å². The third-order valence-corrected chi connectivity index (χ3v) is 3.24. The largest absolute Gasteiger partial charge is 0.370 e. The second-order valence-corrected chi connectivity index (χ2v) is 4.67. The van der Waals surface area contributed by atoms with Crippen molar-refractivity contribution in [1.82, 2.24) is 5.32 Å². The zero-order chi connectivity index (χ0) is 10.6. The molecular weight excluding hydrogens is 176 g/mol. The van der Waals surface area contributed by atoms with Gasteiger partial charge >= 0.3 is 0 Å². The molecule has 1 amide bonds. The first-order valence-electron chi connectivity index (χ1n) is 5.61. The Balaban J connectivity index is 2.24. The standard InChI is InChI=1S/C11H22N2O/c1-8-3-4-9(2)10(7-8)13-6-5-11(12)14/h8-10,13H,3-7H2,1-2H3,(H2,12,14). The second kappa shape index (κ2) is 5.35. The average molecular weight is 198 g/mol. The van der Waals surface area contributed by atoms with Gasteiger partial charge in [0.15, 0.2) is 0 Å². The number of carbonyl (C=O) groups is 1. The van der Waals surface area contributed by atoms with E-state index in [4.69, 9.17) is 5.73 Å². The molecule has 0 saturated heterocycles. The van der Waals surface area contributed by atoms with Crippen LogP contribution in [0.15, 0.2) is 0 Å². The van der Waals surface area contributed by atoms with Crippen LogP contribution in [0.3, 0.4) is 0 Å². The maximum absolute atomic E-state index is 10.6. The molecule has 1 aliphatic carbocycles. The van der Waals surface area contributed by atoms with Crippen LogP contribution in [0.1, 0.15) is 39.5 Å². The summed E-state index contributed by atoms with van der Waals surface area (Å²) in [4.78, 5) is 10.6. The molecule has 3 heteroatoms. The predicted octanol–water partition coefficient (Wildman–Crippen LogP) is 1.28. The van der Waals surface area contributed by atoms with Crippen molar-refractivity contribution in [2.75, 3.05) is 6.54 Å². The van der Waals surface area contributed by atoms with Gasteiger partial charge in [0, 0.05) is 19.0 Å². The summed E-state index contributed by atoms with van der Waals surface area (Å²) in [7, 11) is 0. The third-order valence-electron chi connectivity index (χ3n) is 3.24. The van der Waals surface area contributed by atoms with E-state index in [1.54, 1.807) is 0 Å². The van der Waals surface area contributed by atoms with Crippen molar-refractivity contribution in [3.8, 4) is 0 Å². The molecule has 3 atom stereocenters. The van der Waals surface area contributed by atoms with Gasteiger partial charge in [-0.25, -0.2) is 0 Å². The minimum absolute atomic E-state index is 0.214. The molecule has 0 aromatic rings. The number of nitrogens with one attached hydrogen (secondary N) is 1. The lowest BCUT2D eigenvalue weighted by Crippen LogP contribution is -2.40. The Morgan fingerprint density at radius 3 is 2.79 bits per heavy atom. The fourth-order valence-electron chi connectivity index (χ4n) is 2.20. The Morgan fingerprint density at radius 2 is 2.14 bits per heavy atom. The normalized spacial score (nSPS) is 32.9. The van der Waals surface area contributed by atoms with Gasteiger partial charge in [0.2, 0.25) is 5.91 Å². The van der Waals surface area contributed by atoms with Gasteiger partial charge in [-0.1, -0.05) is 20.3 Å². The molecule has 0 aromatic heterocycles. The lowest BCUT2D eigenvalue weighted by molar-refractivity contribution is -0.117. The molecule has 1 rings (SSSR count). The molecule has 3 nitrogen and oxygen atoms in total. The van der Waals surface area contributed by atoms with Crippen LogP contribution in [0.4, 0.5) is 0 Å². The monoisotopic (exact) mass is 198 g/mol. The van der Waals surface area contributed by atoms with E-state index in [1.807, 2.05) is 0 Å². The molecule has 0 spiro atoms. The van der Waals surface area contributed by atoms with E-state index in [0.717, 1.165) is 18.4 Å². The van der Waals surface area contributed by atoms with E-state index in [-0.39, 0.29) is 5.91 Å². The molecular formula is C11H22N2O. The van der Waals surface area contributed by atoms with E-state index in [1.165, 1.54) is 19.3 Å². The summed E-state index contributed by atoms with van der Waals surface area (Å²) in [5.74, 6) is 1.34. The number of carbonyl (C=O) groups excluding carboxylic acids is 1. The third kappa shape index (κ3) is 3.66. The average Bonchev–Trinajstić information content (AvgIpc) is 2.10. The number of hydrogen-bond acceptors (Lipinski definition) is 2. The van der Waals surface area contributed by atoms with Crippen LogP contribution < -0.4 is 11.1 Å². The highest BCUT2D eigenvalue weighted by Crippen LogP contribution is 2.28. The van der Waals surface area contributed by atoms with Crippen molar-refractivity contribution in [2.45, 2.75) is 45.6 Å². The van der Waals surface area contributed by atoms with Crippen LogP contribution in [0.5, 0.6) is 0 Å². The van der Waals surface area contributed by atoms with Gasteiger partial charge in [-0.2, -0.15) is 0 Å². The quantitative estimate of drug-likeness (QED) is 0.715. The van der Waals surface area contributed by atoms with E-state index < -0.39 is 0 Å². The van der Waals surface area contributed by atoms with Crippen LogP contribution in [-0.4, -0.2) is 18.5 Å². The van der Waals surface area contributed by atoms with Crippen molar-refractivity contribution >= 4 is 5.91 Å². The minimum atomic E-state index is -0.214. The minimum Gasteiger partial charge on any atom is -0.370 e. The van der Waals surface area contributed by atoms with Gasteiger partial charge in [-0.15, -0.1) is 0 Å². The molecule has 14 heavy (non-hydrogen) atoms. The maximum Gasteiger partial charge on any atom is 0.218 e. The topological polar surface area (TPSA) is 55.1 Å². The summed E-state index contributed by atoms with van der Waals surface area (Å²) in [6.45, 7) is 5.32. The number of nitrogens with two attached hydrogens (primary N) is 1. The van der Waals surface area contributed by atoms with E-state index in [0.29, 0.717) is 12.5 Å². The van der Waals surface area contributed by atoms with Crippen LogP contribution in [-0.2, 0) is 4.79 Å². The summed E-state index contributed by atoms with van der Waals surface area (Å²) >= 11 is 0. The van der Waals surface area contributed by atoms with Gasteiger partial charge in [0.05, 0.1) is 0 Å². The Hall–Kier alpha value is -0.570. The van der Waals surface area contributed by atoms with Crippen molar-refractivity contribution in [3.05, 3.63) is 0 Å². The zero-order valence-corrected chi connectivity index (χ0v) is 9.25. The van der Waals surface area contributed by atoms with Gasteiger partial charge in [-0.3, -0.25) is 4.79 Å². The molecule has 0 bridgehead atoms. The Morgan fingerprint density at radius 1 is 1.43 bits per heavy atom. The Kier molecular flexibility index (Phi) is 4.39. The molecule has 3 N–H and O–H groups in total. The first-order valence-corrected chi connectivity index (χ1v) is 5.61. The molecule has 0 radical (unpaired) electrons. The lowest BCUT2D eigenvalue weighted by atomic mass is 9.80. The summed E-state index contributed by atoms with van der Waals surface area (Å²) in [5.41, 5.74) is 5.09. The first kappa shape index (κ1) is 11.5. The smallest absolute Gasteiger partial charge is 0.218 e. The SMILES string of the molecule is CC1CCC(C)C(NCCC(N)=O)C1. The van der Waals surface area contributed by atoms with E-state index in [2.05, 4.69) is 19.2 Å². The summed E-state index contributed by atoms with van der Waals surface area (Å²) < 4.78 is 0. The zero-order valence-electron chi connectivity index (χ0n) is 9.25. The summed E-state index contributed by atoms with van der Waals surface area (Å²) in [5, 5.41) is 3.43. The van der Waals surface area contributed by atoms with E-state index >= 15 is 0 Å². The maximum atomic E-state index is 10.6. The fraction of sp³-hybridized carbons (Fsp3) is 0.909. The molecule has 1 saturated carbocycles. The van der Waals surface area contributed by atoms with Crippen molar-refractivity contribution in [3.63, 3.8) is 0 Å². The Labute approximate surface area is 86.4 Å². The second-order valence-electron chi connectivity index (χ2n) is 4.67. The highest BCUT2D eigenvalue weighted by Gasteiger charge is 2.24. The summed E-state index contributed by atoms with van der Waals surface area (Å²) in [6.07, 6.45) is 4.34. The van der Waals surface area contributed by atoms with Gasteiger partial charge < -0.3 is 11.1 Å². The van der Waals surface area contributed by atoms with Crippen LogP contribution in [0.25, 0.3) is 0 Å². The van der Waals surface area contributed by atoms with Crippen LogP contribution in [0, 0.1) is 11.8 Å². The molecule has 1 aliphatic rings. The summed E-state index contributed by atoms with van der Waals surface area (Å²) in [6, 6.07) is 0.582. The fourth-order valence-corrected chi connectivity index (χ4v) is 2.20. The molecule has 0 aliphatic heterocycles. The predicted molar refractivity (Wildman–Crippen MR) is 57.8 cm³/mol. The van der Waals surface area contributed by atoms with Gasteiger partial charge in [-0.05, 0) is 24.7 Å². The first-order chi connectivity index (χ1) is 6.59.